The third-order valence-electron chi connectivity index (χ3n) is 1.19. The van der Waals surface area contributed by atoms with E-state index in [1.165, 1.54) is 6.92 Å². The van der Waals surface area contributed by atoms with Crippen LogP contribution in [0.5, 0.6) is 0 Å². The smallest absolute Gasteiger partial charge is 0.332 e. The summed E-state index contributed by atoms with van der Waals surface area (Å²) < 4.78 is 9.30. The summed E-state index contributed by atoms with van der Waals surface area (Å²) >= 11 is 0. The quantitative estimate of drug-likeness (QED) is 0.512. The van der Waals surface area contributed by atoms with Gasteiger partial charge in [0, 0.05) is 13.0 Å². The van der Waals surface area contributed by atoms with Crippen molar-refractivity contribution in [1.29, 1.82) is 0 Å². The van der Waals surface area contributed by atoms with E-state index in [-0.39, 0.29) is 12.3 Å². The van der Waals surface area contributed by atoms with Crippen LogP contribution in [0, 0.1) is 0 Å². The van der Waals surface area contributed by atoms with E-state index in [1.54, 1.807) is 0 Å². The molecule has 0 unspecified atom stereocenters. The Balaban J connectivity index is 3.84. The maximum absolute atomic E-state index is 10.9. The van der Waals surface area contributed by atoms with Crippen molar-refractivity contribution in [1.82, 2.24) is 0 Å². The standard InChI is InChI=1S/C9H15NO4/c1-3-4-13-9(12)5-8(10)6-14-7(2)11/h5H,3-4,6,10H2,1-2H3. The number of ether oxygens (including phenoxy) is 2. The second kappa shape index (κ2) is 6.94. The van der Waals surface area contributed by atoms with Crippen molar-refractivity contribution >= 4 is 11.9 Å². The first-order valence-corrected chi connectivity index (χ1v) is 4.32. The van der Waals surface area contributed by atoms with Gasteiger partial charge in [-0.25, -0.2) is 4.79 Å². The third kappa shape index (κ3) is 7.15. The van der Waals surface area contributed by atoms with Crippen molar-refractivity contribution in [3.63, 3.8) is 0 Å². The molecule has 0 heterocycles. The van der Waals surface area contributed by atoms with Crippen LogP contribution >= 0.6 is 0 Å². The van der Waals surface area contributed by atoms with Crippen LogP contribution in [-0.2, 0) is 19.1 Å². The van der Waals surface area contributed by atoms with Gasteiger partial charge in [0.1, 0.15) is 6.61 Å². The largest absolute Gasteiger partial charge is 0.462 e. The van der Waals surface area contributed by atoms with E-state index in [2.05, 4.69) is 4.74 Å². The summed E-state index contributed by atoms with van der Waals surface area (Å²) in [7, 11) is 0. The van der Waals surface area contributed by atoms with Crippen LogP contribution in [0.3, 0.4) is 0 Å². The Morgan fingerprint density at radius 3 is 2.50 bits per heavy atom. The normalized spacial score (nSPS) is 10.9. The molecule has 0 spiro atoms. The SMILES string of the molecule is CCCOC(=O)C=C(N)COC(C)=O. The molecule has 0 amide bonds. The minimum absolute atomic E-state index is 0.0867. The first-order valence-electron chi connectivity index (χ1n) is 4.32. The summed E-state index contributed by atoms with van der Waals surface area (Å²) in [5.74, 6) is -0.959. The first-order chi connectivity index (χ1) is 6.56. The van der Waals surface area contributed by atoms with E-state index in [0.717, 1.165) is 12.5 Å². The minimum atomic E-state index is -0.517. The molecular weight excluding hydrogens is 186 g/mol. The summed E-state index contributed by atoms with van der Waals surface area (Å²) in [5.41, 5.74) is 5.55. The molecule has 0 bridgehead atoms. The zero-order valence-corrected chi connectivity index (χ0v) is 8.41. The van der Waals surface area contributed by atoms with Crippen molar-refractivity contribution in [2.24, 2.45) is 5.73 Å². The van der Waals surface area contributed by atoms with Crippen LogP contribution in [0.2, 0.25) is 0 Å². The van der Waals surface area contributed by atoms with Crippen LogP contribution in [0.25, 0.3) is 0 Å². The number of nitrogens with two attached hydrogens (primary N) is 1. The molecule has 0 aliphatic rings. The highest BCUT2D eigenvalue weighted by molar-refractivity contribution is 5.82. The Labute approximate surface area is 82.9 Å². The van der Waals surface area contributed by atoms with Gasteiger partial charge in [0.2, 0.25) is 0 Å². The summed E-state index contributed by atoms with van der Waals surface area (Å²) in [5, 5.41) is 0. The van der Waals surface area contributed by atoms with Crippen molar-refractivity contribution in [2.45, 2.75) is 20.3 Å². The summed E-state index contributed by atoms with van der Waals surface area (Å²) in [6, 6.07) is 0. The van der Waals surface area contributed by atoms with Crippen LogP contribution in [0.1, 0.15) is 20.3 Å². The highest BCUT2D eigenvalue weighted by Crippen LogP contribution is 1.90. The van der Waals surface area contributed by atoms with Crippen molar-refractivity contribution in [2.75, 3.05) is 13.2 Å². The lowest BCUT2D eigenvalue weighted by Gasteiger charge is -2.02. The van der Waals surface area contributed by atoms with Gasteiger partial charge in [-0.15, -0.1) is 0 Å². The molecule has 0 fully saturated rings. The maximum Gasteiger partial charge on any atom is 0.332 e. The molecule has 0 radical (unpaired) electrons. The molecule has 0 rings (SSSR count). The van der Waals surface area contributed by atoms with Gasteiger partial charge in [-0.05, 0) is 6.42 Å². The van der Waals surface area contributed by atoms with Crippen LogP contribution in [-0.4, -0.2) is 25.2 Å². The highest BCUT2D eigenvalue weighted by atomic mass is 16.5. The lowest BCUT2D eigenvalue weighted by Crippen LogP contribution is -2.13. The first kappa shape index (κ1) is 12.5. The number of carbonyl (C=O) groups is 2. The van der Waals surface area contributed by atoms with E-state index in [4.69, 9.17) is 10.5 Å². The van der Waals surface area contributed by atoms with Crippen molar-refractivity contribution < 1.29 is 19.1 Å². The molecule has 0 aliphatic carbocycles. The highest BCUT2D eigenvalue weighted by Gasteiger charge is 2.00. The molecule has 0 atom stereocenters. The predicted octanol–water partition coefficient (Wildman–Crippen LogP) is 0.345. The molecular formula is C9H15NO4. The van der Waals surface area contributed by atoms with Crippen molar-refractivity contribution in [3.05, 3.63) is 11.8 Å². The lowest BCUT2D eigenvalue weighted by atomic mass is 10.4. The predicted molar refractivity (Wildman–Crippen MR) is 50.2 cm³/mol. The fraction of sp³-hybridized carbons (Fsp3) is 0.556. The van der Waals surface area contributed by atoms with Gasteiger partial charge in [-0.3, -0.25) is 4.79 Å². The van der Waals surface area contributed by atoms with Crippen LogP contribution in [0.4, 0.5) is 0 Å². The molecule has 0 saturated carbocycles. The van der Waals surface area contributed by atoms with Gasteiger partial charge < -0.3 is 15.2 Å². The molecule has 80 valence electrons. The number of hydrogen-bond acceptors (Lipinski definition) is 5. The van der Waals surface area contributed by atoms with Gasteiger partial charge in [0.15, 0.2) is 0 Å². The summed E-state index contributed by atoms with van der Waals surface area (Å²) in [6.07, 6.45) is 1.86. The van der Waals surface area contributed by atoms with Gasteiger partial charge in [-0.1, -0.05) is 6.92 Å². The van der Waals surface area contributed by atoms with E-state index in [9.17, 15) is 9.59 Å². The zero-order chi connectivity index (χ0) is 11.0. The molecule has 0 saturated heterocycles. The minimum Gasteiger partial charge on any atom is -0.462 e. The molecule has 0 aromatic carbocycles. The van der Waals surface area contributed by atoms with Crippen molar-refractivity contribution in [3.8, 4) is 0 Å². The monoisotopic (exact) mass is 201 g/mol. The Morgan fingerprint density at radius 1 is 1.36 bits per heavy atom. The average Bonchev–Trinajstić information content (AvgIpc) is 2.11. The van der Waals surface area contributed by atoms with Crippen LogP contribution in [0.15, 0.2) is 11.8 Å². The van der Waals surface area contributed by atoms with Gasteiger partial charge in [0.05, 0.1) is 12.3 Å². The Morgan fingerprint density at radius 2 is 2.00 bits per heavy atom. The Bertz CT molecular complexity index is 235. The van der Waals surface area contributed by atoms with E-state index in [0.29, 0.717) is 6.61 Å². The molecule has 0 aromatic heterocycles. The van der Waals surface area contributed by atoms with Crippen LogP contribution < -0.4 is 5.73 Å². The number of hydrogen-bond donors (Lipinski definition) is 1. The zero-order valence-electron chi connectivity index (χ0n) is 8.41. The van der Waals surface area contributed by atoms with E-state index >= 15 is 0 Å². The molecule has 0 aromatic rings. The molecule has 2 N–H and O–H groups in total. The van der Waals surface area contributed by atoms with E-state index < -0.39 is 11.9 Å². The summed E-state index contributed by atoms with van der Waals surface area (Å²) in [6.45, 7) is 3.43. The maximum atomic E-state index is 10.9. The molecule has 5 heteroatoms. The fourth-order valence-electron chi connectivity index (χ4n) is 0.622. The molecule has 14 heavy (non-hydrogen) atoms. The number of rotatable bonds is 5. The topological polar surface area (TPSA) is 78.6 Å². The Hall–Kier alpha value is -1.52. The third-order valence-corrected chi connectivity index (χ3v) is 1.19. The summed E-state index contributed by atoms with van der Waals surface area (Å²) in [4.78, 5) is 21.3. The Kier molecular flexibility index (Phi) is 6.19. The average molecular weight is 201 g/mol. The van der Waals surface area contributed by atoms with Gasteiger partial charge in [-0.2, -0.15) is 0 Å². The molecule has 5 nitrogen and oxygen atoms in total. The molecule has 0 aliphatic heterocycles. The fourth-order valence-corrected chi connectivity index (χ4v) is 0.622. The number of carbonyl (C=O) groups excluding carboxylic acids is 2. The van der Waals surface area contributed by atoms with Gasteiger partial charge in [0.25, 0.3) is 0 Å². The van der Waals surface area contributed by atoms with Gasteiger partial charge >= 0.3 is 11.9 Å². The lowest BCUT2D eigenvalue weighted by molar-refractivity contribution is -0.141. The van der Waals surface area contributed by atoms with E-state index in [1.807, 2.05) is 6.92 Å². The second-order valence-electron chi connectivity index (χ2n) is 2.67. The second-order valence-corrected chi connectivity index (χ2v) is 2.67. The number of esters is 2.